The number of carbonyl (C=O) groups is 4. The van der Waals surface area contributed by atoms with Crippen LogP contribution in [0.1, 0.15) is 38.8 Å². The summed E-state index contributed by atoms with van der Waals surface area (Å²) in [6, 6.07) is 18.0. The van der Waals surface area contributed by atoms with Gasteiger partial charge >= 0.3 is 24.0 Å². The Morgan fingerprint density at radius 1 is 0.643 bits per heavy atom. The lowest BCUT2D eigenvalue weighted by molar-refractivity contribution is -0.142. The summed E-state index contributed by atoms with van der Waals surface area (Å²) in [5, 5.41) is 5.60. The van der Waals surface area contributed by atoms with Crippen LogP contribution in [0.25, 0.3) is 0 Å². The number of benzene rings is 2. The number of carbonyl (C=O) groups excluding carboxylic acids is 4. The summed E-state index contributed by atoms with van der Waals surface area (Å²) in [5.41, 5.74) is 2.00. The Balaban J connectivity index is 2.02. The lowest BCUT2D eigenvalue weighted by Gasteiger charge is -2.30. The molecule has 2 rings (SSSR count). The molecular weight excluding hydrogens is 536 g/mol. The SMILES string of the molecule is CCNC(=O)N(CC)[C@H](COC(=O)/C=C/C(=O)OC[C@H](Cc1ccccc1)N(CC)C(=O)NCC)Cc1ccccc1. The number of hydrogen-bond acceptors (Lipinski definition) is 6. The van der Waals surface area contributed by atoms with E-state index in [4.69, 9.17) is 9.47 Å². The van der Waals surface area contributed by atoms with Crippen LogP contribution in [0.15, 0.2) is 72.8 Å². The number of nitrogens with zero attached hydrogens (tertiary/aromatic N) is 2. The summed E-state index contributed by atoms with van der Waals surface area (Å²) in [5.74, 6) is -1.45. The number of urea groups is 2. The van der Waals surface area contributed by atoms with Gasteiger partial charge in [-0.2, -0.15) is 0 Å². The summed E-state index contributed by atoms with van der Waals surface area (Å²) in [4.78, 5) is 53.5. The second-order valence-electron chi connectivity index (χ2n) is 9.52. The minimum absolute atomic E-state index is 0.0464. The van der Waals surface area contributed by atoms with Crippen LogP contribution in [0, 0.1) is 0 Å². The van der Waals surface area contributed by atoms with E-state index in [2.05, 4.69) is 10.6 Å². The smallest absolute Gasteiger partial charge is 0.331 e. The van der Waals surface area contributed by atoms with Crippen LogP contribution in [-0.4, -0.2) is 85.3 Å². The van der Waals surface area contributed by atoms with E-state index in [-0.39, 0.29) is 25.3 Å². The summed E-state index contributed by atoms with van der Waals surface area (Å²) in [7, 11) is 0. The van der Waals surface area contributed by atoms with E-state index in [0.29, 0.717) is 39.0 Å². The van der Waals surface area contributed by atoms with E-state index >= 15 is 0 Å². The van der Waals surface area contributed by atoms with Gasteiger partial charge in [0, 0.05) is 38.3 Å². The van der Waals surface area contributed by atoms with E-state index in [1.165, 1.54) is 0 Å². The first kappa shape index (κ1) is 33.9. The van der Waals surface area contributed by atoms with Crippen LogP contribution >= 0.6 is 0 Å². The van der Waals surface area contributed by atoms with Crippen molar-refractivity contribution in [2.45, 2.75) is 52.6 Å². The lowest BCUT2D eigenvalue weighted by Crippen LogP contribution is -2.49. The maximum Gasteiger partial charge on any atom is 0.331 e. The topological polar surface area (TPSA) is 117 Å². The molecule has 0 heterocycles. The average Bonchev–Trinajstić information content (AvgIpc) is 2.99. The molecule has 2 aromatic rings. The second-order valence-corrected chi connectivity index (χ2v) is 9.52. The van der Waals surface area contributed by atoms with E-state index in [1.807, 2.05) is 88.4 Å². The summed E-state index contributed by atoms with van der Waals surface area (Å²) >= 11 is 0. The number of nitrogens with one attached hydrogen (secondary N) is 2. The van der Waals surface area contributed by atoms with Gasteiger partial charge in [-0.3, -0.25) is 0 Å². The highest BCUT2D eigenvalue weighted by molar-refractivity contribution is 5.91. The van der Waals surface area contributed by atoms with Gasteiger partial charge < -0.3 is 29.9 Å². The first-order chi connectivity index (χ1) is 20.3. The largest absolute Gasteiger partial charge is 0.460 e. The van der Waals surface area contributed by atoms with Crippen molar-refractivity contribution < 1.29 is 28.7 Å². The molecule has 0 aliphatic heterocycles. The molecular formula is C32H44N4O6. The van der Waals surface area contributed by atoms with Gasteiger partial charge in [-0.25, -0.2) is 19.2 Å². The van der Waals surface area contributed by atoms with E-state index < -0.39 is 24.0 Å². The van der Waals surface area contributed by atoms with E-state index in [0.717, 1.165) is 23.3 Å². The van der Waals surface area contributed by atoms with Crippen LogP contribution in [-0.2, 0) is 31.9 Å². The van der Waals surface area contributed by atoms with Gasteiger partial charge in [0.25, 0.3) is 0 Å². The number of hydrogen-bond donors (Lipinski definition) is 2. The lowest BCUT2D eigenvalue weighted by atomic mass is 10.1. The fraction of sp³-hybridized carbons (Fsp3) is 0.438. The third-order valence-corrected chi connectivity index (χ3v) is 6.56. The zero-order chi connectivity index (χ0) is 30.7. The predicted molar refractivity (Wildman–Crippen MR) is 162 cm³/mol. The van der Waals surface area contributed by atoms with Crippen LogP contribution in [0.5, 0.6) is 0 Å². The molecule has 0 aliphatic rings. The van der Waals surface area contributed by atoms with Crippen LogP contribution in [0.3, 0.4) is 0 Å². The van der Waals surface area contributed by atoms with Gasteiger partial charge in [-0.1, -0.05) is 60.7 Å². The normalized spacial score (nSPS) is 12.2. The third kappa shape index (κ3) is 11.6. The Morgan fingerprint density at radius 3 is 1.31 bits per heavy atom. The number of likely N-dealkylation sites (N-methyl/N-ethyl adjacent to an activating group) is 2. The van der Waals surface area contributed by atoms with Gasteiger partial charge in [-0.05, 0) is 51.7 Å². The van der Waals surface area contributed by atoms with Gasteiger partial charge in [0.2, 0.25) is 0 Å². The number of rotatable bonds is 16. The van der Waals surface area contributed by atoms with Crippen molar-refractivity contribution in [2.75, 3.05) is 39.4 Å². The van der Waals surface area contributed by atoms with Crippen molar-refractivity contribution in [2.24, 2.45) is 0 Å². The Labute approximate surface area is 249 Å². The maximum atomic E-state index is 12.6. The van der Waals surface area contributed by atoms with Crippen molar-refractivity contribution >= 4 is 24.0 Å². The number of ether oxygens (including phenoxy) is 2. The highest BCUT2D eigenvalue weighted by Gasteiger charge is 2.25. The quantitative estimate of drug-likeness (QED) is 0.229. The molecule has 0 saturated carbocycles. The monoisotopic (exact) mass is 580 g/mol. The maximum absolute atomic E-state index is 12.6. The molecule has 0 fully saturated rings. The molecule has 0 bridgehead atoms. The molecule has 2 atom stereocenters. The first-order valence-electron chi connectivity index (χ1n) is 14.5. The minimum atomic E-state index is -0.727. The van der Waals surface area contributed by atoms with Gasteiger partial charge in [0.1, 0.15) is 13.2 Å². The first-order valence-corrected chi connectivity index (χ1v) is 14.5. The predicted octanol–water partition coefficient (Wildman–Crippen LogP) is 3.95. The highest BCUT2D eigenvalue weighted by Crippen LogP contribution is 2.12. The molecule has 0 aromatic heterocycles. The van der Waals surface area contributed by atoms with E-state index in [9.17, 15) is 19.2 Å². The number of amides is 4. The minimum Gasteiger partial charge on any atom is -0.460 e. The molecule has 42 heavy (non-hydrogen) atoms. The Morgan fingerprint density at radius 2 is 1.00 bits per heavy atom. The molecule has 0 spiro atoms. The molecule has 0 aliphatic carbocycles. The zero-order valence-electron chi connectivity index (χ0n) is 25.1. The molecule has 4 amide bonds. The Kier molecular flexibility index (Phi) is 15.2. The molecule has 10 nitrogen and oxygen atoms in total. The summed E-state index contributed by atoms with van der Waals surface area (Å²) in [6.45, 7) is 9.12. The summed E-state index contributed by atoms with van der Waals surface area (Å²) in [6.07, 6.45) is 3.01. The van der Waals surface area contributed by atoms with Gasteiger partial charge in [0.05, 0.1) is 12.1 Å². The van der Waals surface area contributed by atoms with Gasteiger partial charge in [0.15, 0.2) is 0 Å². The van der Waals surface area contributed by atoms with E-state index in [1.54, 1.807) is 9.80 Å². The molecule has 2 N–H and O–H groups in total. The highest BCUT2D eigenvalue weighted by atomic mass is 16.5. The molecule has 228 valence electrons. The number of esters is 2. The fourth-order valence-corrected chi connectivity index (χ4v) is 4.52. The standard InChI is InChI=1S/C32H44N4O6/c1-5-33-31(39)35(7-3)27(21-25-15-11-9-12-16-25)23-41-29(37)19-20-30(38)42-24-28(22-26-17-13-10-14-18-26)36(8-4)32(40)34-6-2/h9-20,27-28H,5-8,21-24H2,1-4H3,(H,33,39)(H,34,40)/b20-19+/t27-,28-/m0/s1. The Hall–Kier alpha value is -4.34. The zero-order valence-corrected chi connectivity index (χ0v) is 25.1. The van der Waals surface area contributed by atoms with Crippen molar-refractivity contribution in [3.8, 4) is 0 Å². The van der Waals surface area contributed by atoms with Crippen LogP contribution < -0.4 is 10.6 Å². The van der Waals surface area contributed by atoms with Crippen LogP contribution in [0.2, 0.25) is 0 Å². The van der Waals surface area contributed by atoms with Crippen molar-refractivity contribution in [1.82, 2.24) is 20.4 Å². The molecule has 0 radical (unpaired) electrons. The summed E-state index contributed by atoms with van der Waals surface area (Å²) < 4.78 is 10.9. The molecule has 0 saturated heterocycles. The molecule has 0 unspecified atom stereocenters. The van der Waals surface area contributed by atoms with Crippen molar-refractivity contribution in [3.05, 3.63) is 83.9 Å². The van der Waals surface area contributed by atoms with Gasteiger partial charge in [-0.15, -0.1) is 0 Å². The third-order valence-electron chi connectivity index (χ3n) is 6.56. The Bertz CT molecular complexity index is 1050. The van der Waals surface area contributed by atoms with Crippen molar-refractivity contribution in [1.29, 1.82) is 0 Å². The second kappa shape index (κ2) is 18.9. The molecule has 10 heteroatoms. The average molecular weight is 581 g/mol. The van der Waals surface area contributed by atoms with Crippen LogP contribution in [0.4, 0.5) is 9.59 Å². The molecule has 2 aromatic carbocycles. The van der Waals surface area contributed by atoms with Crippen molar-refractivity contribution in [3.63, 3.8) is 0 Å². The fourth-order valence-electron chi connectivity index (χ4n) is 4.52.